The van der Waals surface area contributed by atoms with E-state index in [0.29, 0.717) is 23.5 Å². The van der Waals surface area contributed by atoms with Crippen molar-refractivity contribution >= 4 is 5.97 Å². The molecule has 0 aliphatic carbocycles. The Morgan fingerprint density at radius 1 is 1.28 bits per heavy atom. The van der Waals surface area contributed by atoms with E-state index in [9.17, 15) is 9.59 Å². The molecule has 7 heteroatoms. The number of ether oxygens (including phenoxy) is 1. The molecular weight excluding hydrogens is 320 g/mol. The summed E-state index contributed by atoms with van der Waals surface area (Å²) >= 11 is 0. The minimum Gasteiger partial charge on any atom is -0.465 e. The van der Waals surface area contributed by atoms with Crippen LogP contribution in [0.3, 0.4) is 0 Å². The Hall–Kier alpha value is -3.19. The van der Waals surface area contributed by atoms with Crippen LogP contribution in [0.2, 0.25) is 0 Å². The van der Waals surface area contributed by atoms with Gasteiger partial charge in [-0.25, -0.2) is 9.78 Å². The predicted molar refractivity (Wildman–Crippen MR) is 93.3 cm³/mol. The predicted octanol–water partition coefficient (Wildman–Crippen LogP) is 1.53. The first-order valence-corrected chi connectivity index (χ1v) is 7.72. The molecule has 2 heterocycles. The van der Waals surface area contributed by atoms with E-state index in [2.05, 4.69) is 10.3 Å². The monoisotopic (exact) mass is 338 g/mol. The summed E-state index contributed by atoms with van der Waals surface area (Å²) in [6, 6.07) is 10.1. The van der Waals surface area contributed by atoms with Gasteiger partial charge in [0, 0.05) is 30.7 Å². The molecule has 25 heavy (non-hydrogen) atoms. The van der Waals surface area contributed by atoms with Gasteiger partial charge >= 0.3 is 5.97 Å². The average molecular weight is 338 g/mol. The summed E-state index contributed by atoms with van der Waals surface area (Å²) in [6.45, 7) is 0.623. The van der Waals surface area contributed by atoms with Crippen LogP contribution in [0.25, 0.3) is 11.4 Å². The molecule has 0 amide bonds. The van der Waals surface area contributed by atoms with Crippen molar-refractivity contribution in [2.45, 2.75) is 6.54 Å². The van der Waals surface area contributed by atoms with E-state index in [4.69, 9.17) is 4.74 Å². The summed E-state index contributed by atoms with van der Waals surface area (Å²) in [7, 11) is 3.17. The first-order valence-electron chi connectivity index (χ1n) is 7.72. The van der Waals surface area contributed by atoms with Crippen molar-refractivity contribution in [3.63, 3.8) is 0 Å². The minimum absolute atomic E-state index is 0.176. The summed E-state index contributed by atoms with van der Waals surface area (Å²) in [5.41, 5.74) is 2.25. The number of imidazole rings is 1. The third-order valence-electron chi connectivity index (χ3n) is 3.76. The third kappa shape index (κ3) is 3.36. The largest absolute Gasteiger partial charge is 0.465 e. The molecule has 0 fully saturated rings. The zero-order valence-corrected chi connectivity index (χ0v) is 14.0. The van der Waals surface area contributed by atoms with Crippen LogP contribution in [-0.4, -0.2) is 34.2 Å². The molecule has 0 saturated carbocycles. The topological polar surface area (TPSA) is 78.2 Å². The van der Waals surface area contributed by atoms with E-state index >= 15 is 0 Å². The first kappa shape index (κ1) is 16.7. The quantitative estimate of drug-likeness (QED) is 0.714. The molecule has 0 aliphatic rings. The average Bonchev–Trinajstić information content (AvgIpc) is 3.10. The molecule has 128 valence electrons. The maximum absolute atomic E-state index is 12.3. The number of hydrogen-bond acceptors (Lipinski definition) is 5. The number of pyridine rings is 1. The Kier molecular flexibility index (Phi) is 4.76. The summed E-state index contributed by atoms with van der Waals surface area (Å²) in [4.78, 5) is 28.6. The van der Waals surface area contributed by atoms with E-state index in [0.717, 1.165) is 5.69 Å². The fourth-order valence-corrected chi connectivity index (χ4v) is 2.58. The number of esters is 1. The van der Waals surface area contributed by atoms with Gasteiger partial charge in [-0.2, -0.15) is 0 Å². The van der Waals surface area contributed by atoms with Crippen molar-refractivity contribution < 1.29 is 9.53 Å². The SMILES string of the molecule is CNCc1cn(-c2ccc(-n3ccccc3=O)cc2C(=O)OC)cn1. The summed E-state index contributed by atoms with van der Waals surface area (Å²) in [5, 5.41) is 3.03. The van der Waals surface area contributed by atoms with Gasteiger partial charge in [-0.15, -0.1) is 0 Å². The van der Waals surface area contributed by atoms with Crippen molar-refractivity contribution in [2.24, 2.45) is 0 Å². The molecule has 0 aliphatic heterocycles. The van der Waals surface area contributed by atoms with Crippen LogP contribution in [0.4, 0.5) is 0 Å². The Balaban J connectivity index is 2.11. The van der Waals surface area contributed by atoms with Crippen LogP contribution in [-0.2, 0) is 11.3 Å². The normalized spacial score (nSPS) is 10.6. The van der Waals surface area contributed by atoms with Crippen LogP contribution < -0.4 is 10.9 Å². The van der Waals surface area contributed by atoms with Crippen molar-refractivity contribution in [2.75, 3.05) is 14.2 Å². The minimum atomic E-state index is -0.482. The fraction of sp³-hybridized carbons (Fsp3) is 0.167. The van der Waals surface area contributed by atoms with Gasteiger partial charge in [0.05, 0.1) is 30.4 Å². The number of methoxy groups -OCH3 is 1. The second-order valence-electron chi connectivity index (χ2n) is 5.40. The van der Waals surface area contributed by atoms with Crippen molar-refractivity contribution in [1.29, 1.82) is 0 Å². The van der Waals surface area contributed by atoms with Crippen LogP contribution in [0.1, 0.15) is 16.1 Å². The van der Waals surface area contributed by atoms with Gasteiger partial charge in [-0.05, 0) is 31.3 Å². The molecule has 1 N–H and O–H groups in total. The maximum atomic E-state index is 12.3. The van der Waals surface area contributed by atoms with Crippen molar-refractivity contribution in [3.8, 4) is 11.4 Å². The Labute approximate surface area is 144 Å². The number of nitrogens with zero attached hydrogens (tertiary/aromatic N) is 3. The molecular formula is C18H18N4O3. The summed E-state index contributed by atoms with van der Waals surface area (Å²) in [6.07, 6.45) is 5.13. The van der Waals surface area contributed by atoms with Gasteiger partial charge in [0.2, 0.25) is 0 Å². The van der Waals surface area contributed by atoms with Gasteiger partial charge in [0.15, 0.2) is 0 Å². The molecule has 7 nitrogen and oxygen atoms in total. The fourth-order valence-electron chi connectivity index (χ4n) is 2.58. The number of carbonyl (C=O) groups excluding carboxylic acids is 1. The van der Waals surface area contributed by atoms with Gasteiger partial charge in [-0.3, -0.25) is 9.36 Å². The molecule has 3 rings (SSSR count). The number of aromatic nitrogens is 3. The molecule has 0 bridgehead atoms. The maximum Gasteiger partial charge on any atom is 0.340 e. The van der Waals surface area contributed by atoms with E-state index in [1.807, 2.05) is 13.2 Å². The molecule has 0 saturated heterocycles. The number of nitrogens with one attached hydrogen (secondary N) is 1. The third-order valence-corrected chi connectivity index (χ3v) is 3.76. The van der Waals surface area contributed by atoms with E-state index < -0.39 is 5.97 Å². The highest BCUT2D eigenvalue weighted by molar-refractivity contribution is 5.94. The lowest BCUT2D eigenvalue weighted by Crippen LogP contribution is -2.17. The molecule has 0 spiro atoms. The zero-order valence-electron chi connectivity index (χ0n) is 14.0. The molecule has 3 aromatic rings. The van der Waals surface area contributed by atoms with Crippen LogP contribution in [0.15, 0.2) is 59.9 Å². The standard InChI is InChI=1S/C18H18N4O3/c1-19-10-13-11-21(12-20-13)16-7-6-14(9-15(16)18(24)25-2)22-8-4-3-5-17(22)23/h3-9,11-12,19H,10H2,1-2H3. The van der Waals surface area contributed by atoms with E-state index in [1.165, 1.54) is 17.7 Å². The number of rotatable bonds is 5. The lowest BCUT2D eigenvalue weighted by Gasteiger charge is -2.12. The zero-order chi connectivity index (χ0) is 17.8. The molecule has 1 aromatic carbocycles. The summed E-state index contributed by atoms with van der Waals surface area (Å²) in [5.74, 6) is -0.482. The highest BCUT2D eigenvalue weighted by Gasteiger charge is 2.15. The van der Waals surface area contributed by atoms with Crippen LogP contribution in [0, 0.1) is 0 Å². The molecule has 0 unspecified atom stereocenters. The second kappa shape index (κ2) is 7.14. The van der Waals surface area contributed by atoms with Gasteiger partial charge in [0.25, 0.3) is 5.56 Å². The second-order valence-corrected chi connectivity index (χ2v) is 5.40. The van der Waals surface area contributed by atoms with Gasteiger partial charge in [-0.1, -0.05) is 6.07 Å². The Morgan fingerprint density at radius 3 is 2.84 bits per heavy atom. The highest BCUT2D eigenvalue weighted by atomic mass is 16.5. The Morgan fingerprint density at radius 2 is 2.12 bits per heavy atom. The number of carbonyl (C=O) groups is 1. The van der Waals surface area contributed by atoms with E-state index in [-0.39, 0.29) is 5.56 Å². The van der Waals surface area contributed by atoms with Crippen LogP contribution in [0.5, 0.6) is 0 Å². The van der Waals surface area contributed by atoms with Gasteiger partial charge < -0.3 is 14.6 Å². The van der Waals surface area contributed by atoms with E-state index in [1.54, 1.807) is 47.4 Å². The van der Waals surface area contributed by atoms with Crippen molar-refractivity contribution in [3.05, 3.63) is 76.7 Å². The van der Waals surface area contributed by atoms with Crippen LogP contribution >= 0.6 is 0 Å². The number of hydrogen-bond donors (Lipinski definition) is 1. The Bertz CT molecular complexity index is 959. The van der Waals surface area contributed by atoms with Gasteiger partial charge in [0.1, 0.15) is 0 Å². The molecule has 2 aromatic heterocycles. The highest BCUT2D eigenvalue weighted by Crippen LogP contribution is 2.20. The first-order chi connectivity index (χ1) is 12.1. The van der Waals surface area contributed by atoms with Crippen molar-refractivity contribution in [1.82, 2.24) is 19.4 Å². The number of benzene rings is 1. The lowest BCUT2D eigenvalue weighted by molar-refractivity contribution is 0.0600. The summed E-state index contributed by atoms with van der Waals surface area (Å²) < 4.78 is 8.13. The molecule has 0 radical (unpaired) electrons. The smallest absolute Gasteiger partial charge is 0.340 e. The molecule has 0 atom stereocenters. The lowest BCUT2D eigenvalue weighted by atomic mass is 10.1.